The molecule has 2 aromatic heterocycles. The van der Waals surface area contributed by atoms with Gasteiger partial charge in [0.1, 0.15) is 5.01 Å². The van der Waals surface area contributed by atoms with Crippen LogP contribution in [0, 0.1) is 5.92 Å². The molecule has 0 bridgehead atoms. The van der Waals surface area contributed by atoms with Gasteiger partial charge in [-0.2, -0.15) is 0 Å². The fourth-order valence-corrected chi connectivity index (χ4v) is 6.47. The molecular formula is C34H39ClN4O4S. The molecule has 232 valence electrons. The highest BCUT2D eigenvalue weighted by Crippen LogP contribution is 2.32. The molecule has 10 heteroatoms. The highest BCUT2D eigenvalue weighted by Gasteiger charge is 2.28. The molecule has 8 nitrogen and oxygen atoms in total. The van der Waals surface area contributed by atoms with Gasteiger partial charge >= 0.3 is 0 Å². The zero-order chi connectivity index (χ0) is 31.8. The number of aromatic nitrogens is 2. The summed E-state index contributed by atoms with van der Waals surface area (Å²) < 4.78 is 1.85. The van der Waals surface area contributed by atoms with Crippen molar-refractivity contribution in [2.24, 2.45) is 5.92 Å². The van der Waals surface area contributed by atoms with Gasteiger partial charge in [0.05, 0.1) is 22.5 Å². The van der Waals surface area contributed by atoms with Crippen molar-refractivity contribution in [2.45, 2.75) is 47.0 Å². The first kappa shape index (κ1) is 33.1. The zero-order valence-corrected chi connectivity index (χ0v) is 27.2. The summed E-state index contributed by atoms with van der Waals surface area (Å²) in [6, 6.07) is 15.6. The minimum Gasteiger partial charge on any atom is -0.483 e. The SMILES string of the molecule is CCc1cccc(CC)c1-n1c(CC(C)C)c(C(=O)N2CCNCC2)cc(-c2nc(-c3ccc(Cl)cc3)cs2)c1=O.O=CO. The second-order valence-electron chi connectivity index (χ2n) is 11.0. The number of aryl methyl sites for hydroxylation is 2. The summed E-state index contributed by atoms with van der Waals surface area (Å²) in [6.07, 6.45) is 2.16. The summed E-state index contributed by atoms with van der Waals surface area (Å²) in [7, 11) is 0. The van der Waals surface area contributed by atoms with Crippen LogP contribution in [-0.2, 0) is 24.1 Å². The highest BCUT2D eigenvalue weighted by molar-refractivity contribution is 7.13. The first-order chi connectivity index (χ1) is 21.2. The van der Waals surface area contributed by atoms with Crippen molar-refractivity contribution in [2.75, 3.05) is 26.2 Å². The molecule has 4 aromatic rings. The third kappa shape index (κ3) is 7.29. The number of thiazole rings is 1. The van der Waals surface area contributed by atoms with Gasteiger partial charge in [0.15, 0.2) is 0 Å². The van der Waals surface area contributed by atoms with Crippen molar-refractivity contribution in [3.63, 3.8) is 0 Å². The van der Waals surface area contributed by atoms with Gasteiger partial charge in [0.2, 0.25) is 0 Å². The Morgan fingerprint density at radius 3 is 2.27 bits per heavy atom. The molecule has 1 aliphatic rings. The van der Waals surface area contributed by atoms with Gasteiger partial charge in [-0.05, 0) is 54.5 Å². The molecule has 1 fully saturated rings. The molecule has 3 heterocycles. The number of nitrogens with one attached hydrogen (secondary N) is 1. The molecule has 2 N–H and O–H groups in total. The van der Waals surface area contributed by atoms with Gasteiger partial charge in [-0.15, -0.1) is 11.3 Å². The lowest BCUT2D eigenvalue weighted by Gasteiger charge is -2.30. The monoisotopic (exact) mass is 634 g/mol. The molecule has 1 aliphatic heterocycles. The topological polar surface area (TPSA) is 105 Å². The second kappa shape index (κ2) is 15.3. The van der Waals surface area contributed by atoms with E-state index >= 15 is 0 Å². The smallest absolute Gasteiger partial charge is 0.290 e. The molecule has 0 spiro atoms. The lowest BCUT2D eigenvalue weighted by Crippen LogP contribution is -2.47. The van der Waals surface area contributed by atoms with Crippen LogP contribution in [0.5, 0.6) is 0 Å². The minimum absolute atomic E-state index is 0.0290. The quantitative estimate of drug-likeness (QED) is 0.219. The van der Waals surface area contributed by atoms with Crippen LogP contribution in [0.25, 0.3) is 27.5 Å². The predicted molar refractivity (Wildman–Crippen MR) is 178 cm³/mol. The molecule has 1 amide bonds. The van der Waals surface area contributed by atoms with E-state index in [0.717, 1.165) is 59.7 Å². The summed E-state index contributed by atoms with van der Waals surface area (Å²) in [5, 5.41) is 13.4. The number of benzene rings is 2. The number of carboxylic acid groups (broad SMARTS) is 1. The third-order valence-corrected chi connectivity index (χ3v) is 8.73. The number of carbonyl (C=O) groups excluding carboxylic acids is 1. The number of carbonyl (C=O) groups is 2. The van der Waals surface area contributed by atoms with E-state index in [4.69, 9.17) is 26.5 Å². The van der Waals surface area contributed by atoms with E-state index in [2.05, 4.69) is 51.2 Å². The molecular weight excluding hydrogens is 596 g/mol. The summed E-state index contributed by atoms with van der Waals surface area (Å²) in [5.41, 5.74) is 6.48. The van der Waals surface area contributed by atoms with E-state index in [0.29, 0.717) is 40.7 Å². The molecule has 0 radical (unpaired) electrons. The van der Waals surface area contributed by atoms with Gasteiger partial charge in [-0.3, -0.25) is 19.0 Å². The zero-order valence-electron chi connectivity index (χ0n) is 25.6. The van der Waals surface area contributed by atoms with Crippen molar-refractivity contribution in [1.29, 1.82) is 0 Å². The number of piperazine rings is 1. The van der Waals surface area contributed by atoms with E-state index < -0.39 is 0 Å². The van der Waals surface area contributed by atoms with Gasteiger partial charge in [-0.25, -0.2) is 4.98 Å². The Morgan fingerprint density at radius 1 is 1.09 bits per heavy atom. The van der Waals surface area contributed by atoms with Crippen LogP contribution in [0.2, 0.25) is 5.02 Å². The lowest BCUT2D eigenvalue weighted by atomic mass is 9.97. The number of para-hydroxylation sites is 1. The molecule has 0 aliphatic carbocycles. The Balaban J connectivity index is 0.00000141. The van der Waals surface area contributed by atoms with E-state index in [1.54, 1.807) is 0 Å². The van der Waals surface area contributed by atoms with E-state index in [9.17, 15) is 9.59 Å². The Kier molecular flexibility index (Phi) is 11.5. The van der Waals surface area contributed by atoms with Crippen LogP contribution in [0.1, 0.15) is 54.9 Å². The maximum absolute atomic E-state index is 14.6. The third-order valence-electron chi connectivity index (χ3n) is 7.60. The number of pyridine rings is 1. The maximum atomic E-state index is 14.6. The van der Waals surface area contributed by atoms with E-state index in [1.165, 1.54) is 11.3 Å². The molecule has 1 saturated heterocycles. The second-order valence-corrected chi connectivity index (χ2v) is 12.3. The largest absolute Gasteiger partial charge is 0.483 e. The standard InChI is InChI=1S/C33H37ClN4O2S.CH2O2/c1-5-22-8-7-9-23(6-2)30(22)38-29(18-21(3)4)26(32(39)37-16-14-35-15-17-37)19-27(33(38)40)31-36-28(20-41-31)24-10-12-25(34)13-11-24;2-1-3/h7-13,19-21,35H,5-6,14-18H2,1-4H3;1H,(H,2,3). The number of nitrogens with zero attached hydrogens (tertiary/aromatic N) is 3. The van der Waals surface area contributed by atoms with Gasteiger partial charge < -0.3 is 15.3 Å². The van der Waals surface area contributed by atoms with E-state index in [1.807, 2.05) is 45.2 Å². The Morgan fingerprint density at radius 2 is 1.70 bits per heavy atom. The summed E-state index contributed by atoms with van der Waals surface area (Å²) in [4.78, 5) is 44.0. The van der Waals surface area contributed by atoms with Crippen molar-refractivity contribution in [1.82, 2.24) is 19.8 Å². The number of hydrogen-bond donors (Lipinski definition) is 2. The van der Waals surface area contributed by atoms with Gasteiger partial charge in [0, 0.05) is 47.8 Å². The minimum atomic E-state index is -0.250. The number of halogens is 1. The van der Waals surface area contributed by atoms with Crippen molar-refractivity contribution in [3.8, 4) is 27.5 Å². The highest BCUT2D eigenvalue weighted by atomic mass is 35.5. The Hall–Kier alpha value is -3.79. The first-order valence-electron chi connectivity index (χ1n) is 14.9. The summed E-state index contributed by atoms with van der Waals surface area (Å²) in [5.74, 6) is 0.218. The van der Waals surface area contributed by atoms with E-state index in [-0.39, 0.29) is 23.9 Å². The fourth-order valence-electron chi connectivity index (χ4n) is 5.51. The van der Waals surface area contributed by atoms with Crippen molar-refractivity contribution in [3.05, 3.63) is 91.7 Å². The molecule has 2 aromatic carbocycles. The predicted octanol–water partition coefficient (Wildman–Crippen LogP) is 6.35. The lowest BCUT2D eigenvalue weighted by molar-refractivity contribution is -0.122. The number of rotatable bonds is 8. The molecule has 0 unspecified atom stereocenters. The maximum Gasteiger partial charge on any atom is 0.290 e. The molecule has 0 atom stereocenters. The first-order valence-corrected chi connectivity index (χ1v) is 16.2. The van der Waals surface area contributed by atoms with Crippen molar-refractivity contribution < 1.29 is 14.7 Å². The van der Waals surface area contributed by atoms with Crippen LogP contribution < -0.4 is 10.9 Å². The number of hydrogen-bond acceptors (Lipinski definition) is 6. The average Bonchev–Trinajstić information content (AvgIpc) is 3.52. The fraction of sp³-hybridized carbons (Fsp3) is 0.353. The normalized spacial score (nSPS) is 13.0. The Bertz CT molecular complexity index is 1630. The Labute approximate surface area is 267 Å². The van der Waals surface area contributed by atoms with Crippen LogP contribution in [-0.4, -0.2) is 58.1 Å². The van der Waals surface area contributed by atoms with Crippen LogP contribution in [0.15, 0.2) is 58.7 Å². The van der Waals surface area contributed by atoms with Crippen LogP contribution >= 0.6 is 22.9 Å². The number of amides is 1. The molecule has 44 heavy (non-hydrogen) atoms. The average molecular weight is 635 g/mol. The summed E-state index contributed by atoms with van der Waals surface area (Å²) >= 11 is 7.53. The molecule has 0 saturated carbocycles. The van der Waals surface area contributed by atoms with Crippen molar-refractivity contribution >= 4 is 35.3 Å². The molecule has 5 rings (SSSR count). The van der Waals surface area contributed by atoms with Gasteiger partial charge in [-0.1, -0.05) is 69.6 Å². The summed E-state index contributed by atoms with van der Waals surface area (Å²) in [6.45, 7) is 11.0. The van der Waals surface area contributed by atoms with Gasteiger partial charge in [0.25, 0.3) is 17.9 Å². The van der Waals surface area contributed by atoms with Crippen LogP contribution in [0.4, 0.5) is 0 Å². The van der Waals surface area contributed by atoms with Crippen LogP contribution in [0.3, 0.4) is 0 Å².